The number of ether oxygens (including phenoxy) is 3. The topological polar surface area (TPSA) is 78.9 Å². The molecule has 1 unspecified atom stereocenters. The van der Waals surface area contributed by atoms with Crippen molar-refractivity contribution in [1.29, 1.82) is 0 Å². The predicted molar refractivity (Wildman–Crippen MR) is 353 cm³/mol. The van der Waals surface area contributed by atoms with E-state index in [0.717, 1.165) is 96.3 Å². The average Bonchev–Trinajstić information content (AvgIpc) is 3.47. The molecule has 6 heteroatoms. The van der Waals surface area contributed by atoms with Gasteiger partial charge in [0, 0.05) is 19.3 Å². The van der Waals surface area contributed by atoms with Crippen LogP contribution in [0.25, 0.3) is 0 Å². The summed E-state index contributed by atoms with van der Waals surface area (Å²) in [5.41, 5.74) is 0. The summed E-state index contributed by atoms with van der Waals surface area (Å²) >= 11 is 0. The summed E-state index contributed by atoms with van der Waals surface area (Å²) in [6.45, 7) is 6.52. The third-order valence-corrected chi connectivity index (χ3v) is 15.7. The zero-order valence-electron chi connectivity index (χ0n) is 54.1. The van der Waals surface area contributed by atoms with E-state index in [0.29, 0.717) is 19.3 Å². The summed E-state index contributed by atoms with van der Waals surface area (Å²) in [6.07, 6.45) is 91.2. The molecular formula is C75H134O6. The maximum absolute atomic E-state index is 12.9. The van der Waals surface area contributed by atoms with Crippen LogP contribution in [0.15, 0.2) is 72.9 Å². The quantitative estimate of drug-likeness (QED) is 0.0261. The summed E-state index contributed by atoms with van der Waals surface area (Å²) in [5.74, 6) is -0.856. The maximum Gasteiger partial charge on any atom is 0.306 e. The van der Waals surface area contributed by atoms with E-state index >= 15 is 0 Å². The predicted octanol–water partition coefficient (Wildman–Crippen LogP) is 24.4. The number of esters is 3. The van der Waals surface area contributed by atoms with E-state index < -0.39 is 6.10 Å². The van der Waals surface area contributed by atoms with E-state index in [1.165, 1.54) is 231 Å². The van der Waals surface area contributed by atoms with Gasteiger partial charge in [-0.2, -0.15) is 0 Å². The molecule has 0 aromatic rings. The van der Waals surface area contributed by atoms with Crippen molar-refractivity contribution in [2.45, 2.75) is 374 Å². The van der Waals surface area contributed by atoms with Gasteiger partial charge in [-0.05, 0) is 70.6 Å². The molecule has 0 fully saturated rings. The van der Waals surface area contributed by atoms with Crippen LogP contribution in [0.4, 0.5) is 0 Å². The van der Waals surface area contributed by atoms with Crippen molar-refractivity contribution in [3.05, 3.63) is 72.9 Å². The van der Waals surface area contributed by atoms with Crippen LogP contribution in [-0.4, -0.2) is 37.2 Å². The molecule has 0 rings (SSSR count). The SMILES string of the molecule is CC/C=C\C/C=C\C/C=C\C/C=C\C/C=C\C/C=C\CCCCCCCCCCCCCCCCCCC(=O)OCC(COC(=O)CCCCCCCC)OC(=O)CCCCCCCCCCCCCCCCCCCCCCCC. The minimum Gasteiger partial charge on any atom is -0.462 e. The number of carbonyl (C=O) groups excluding carboxylic acids is 3. The number of carbonyl (C=O) groups is 3. The fourth-order valence-corrected chi connectivity index (χ4v) is 10.5. The second kappa shape index (κ2) is 69.3. The summed E-state index contributed by atoms with van der Waals surface area (Å²) < 4.78 is 16.9. The van der Waals surface area contributed by atoms with Gasteiger partial charge in [-0.1, -0.05) is 351 Å². The molecule has 6 nitrogen and oxygen atoms in total. The Hall–Kier alpha value is -3.15. The van der Waals surface area contributed by atoms with E-state index in [2.05, 4.69) is 93.7 Å². The molecule has 0 aliphatic heterocycles. The fourth-order valence-electron chi connectivity index (χ4n) is 10.5. The van der Waals surface area contributed by atoms with E-state index in [9.17, 15) is 14.4 Å². The molecule has 0 aliphatic carbocycles. The molecule has 0 amide bonds. The lowest BCUT2D eigenvalue weighted by atomic mass is 10.0. The first-order chi connectivity index (χ1) is 40.0. The number of allylic oxidation sites excluding steroid dienone is 12. The van der Waals surface area contributed by atoms with Crippen molar-refractivity contribution in [3.63, 3.8) is 0 Å². The molecule has 0 spiro atoms. The maximum atomic E-state index is 12.9. The first kappa shape index (κ1) is 77.9. The molecule has 81 heavy (non-hydrogen) atoms. The molecular weight excluding hydrogens is 997 g/mol. The van der Waals surface area contributed by atoms with Gasteiger partial charge in [0.25, 0.3) is 0 Å². The van der Waals surface area contributed by atoms with E-state index in [1.807, 2.05) is 0 Å². The molecule has 0 saturated carbocycles. The highest BCUT2D eigenvalue weighted by Crippen LogP contribution is 2.18. The van der Waals surface area contributed by atoms with Crippen LogP contribution in [0.2, 0.25) is 0 Å². The lowest BCUT2D eigenvalue weighted by Crippen LogP contribution is -2.30. The molecule has 0 aliphatic rings. The van der Waals surface area contributed by atoms with Gasteiger partial charge in [0.15, 0.2) is 6.10 Å². The molecule has 0 aromatic heterocycles. The first-order valence-electron chi connectivity index (χ1n) is 35.4. The van der Waals surface area contributed by atoms with Crippen LogP contribution in [-0.2, 0) is 28.6 Å². The van der Waals surface area contributed by atoms with Gasteiger partial charge in [-0.3, -0.25) is 14.4 Å². The van der Waals surface area contributed by atoms with Crippen molar-refractivity contribution < 1.29 is 28.6 Å². The third kappa shape index (κ3) is 67.5. The molecule has 1 atom stereocenters. The molecule has 0 heterocycles. The summed E-state index contributed by atoms with van der Waals surface area (Å²) in [6, 6.07) is 0. The van der Waals surface area contributed by atoms with Crippen molar-refractivity contribution in [2.75, 3.05) is 13.2 Å². The Balaban J connectivity index is 3.96. The minimum atomic E-state index is -0.768. The van der Waals surface area contributed by atoms with Gasteiger partial charge in [0.1, 0.15) is 13.2 Å². The smallest absolute Gasteiger partial charge is 0.306 e. The van der Waals surface area contributed by atoms with Crippen LogP contribution >= 0.6 is 0 Å². The van der Waals surface area contributed by atoms with Crippen molar-refractivity contribution in [2.24, 2.45) is 0 Å². The summed E-state index contributed by atoms with van der Waals surface area (Å²) in [7, 11) is 0. The Labute approximate surface area is 503 Å². The molecule has 470 valence electrons. The van der Waals surface area contributed by atoms with Gasteiger partial charge in [0.2, 0.25) is 0 Å². The van der Waals surface area contributed by atoms with Crippen LogP contribution in [0.5, 0.6) is 0 Å². The van der Waals surface area contributed by atoms with Crippen LogP contribution in [0.1, 0.15) is 367 Å². The van der Waals surface area contributed by atoms with Crippen molar-refractivity contribution in [3.8, 4) is 0 Å². The number of unbranched alkanes of at least 4 members (excludes halogenated alkanes) is 42. The standard InChI is InChI=1S/C75H134O6/c1-4-7-10-13-16-18-20-22-24-26-28-30-32-33-34-35-36-37-38-39-40-41-42-43-44-46-47-49-51-53-55-57-59-62-65-68-74(77)80-71-72(70-79-73(76)67-64-61-15-12-9-6-3)81-75(78)69-66-63-60-58-56-54-52-50-48-45-31-29-27-25-23-21-19-17-14-11-8-5-2/h7,10,16,18,22,24,28,30,33-34,36-37,72H,4-6,8-9,11-15,17,19-21,23,25-27,29,31-32,35,38-71H2,1-3H3/b10-7-,18-16-,24-22-,30-28-,34-33-,37-36-. The Morgan fingerprint density at radius 2 is 0.481 bits per heavy atom. The van der Waals surface area contributed by atoms with Crippen LogP contribution < -0.4 is 0 Å². The lowest BCUT2D eigenvalue weighted by molar-refractivity contribution is -0.167. The van der Waals surface area contributed by atoms with E-state index in [-0.39, 0.29) is 31.1 Å². The van der Waals surface area contributed by atoms with Gasteiger partial charge >= 0.3 is 17.9 Å². The summed E-state index contributed by atoms with van der Waals surface area (Å²) in [4.78, 5) is 38.1. The largest absolute Gasteiger partial charge is 0.462 e. The van der Waals surface area contributed by atoms with E-state index in [4.69, 9.17) is 14.2 Å². The average molecular weight is 1130 g/mol. The van der Waals surface area contributed by atoms with E-state index in [1.54, 1.807) is 0 Å². The molecule has 0 aromatic carbocycles. The molecule has 0 radical (unpaired) electrons. The van der Waals surface area contributed by atoms with Crippen LogP contribution in [0, 0.1) is 0 Å². The highest BCUT2D eigenvalue weighted by atomic mass is 16.6. The normalized spacial score (nSPS) is 12.5. The van der Waals surface area contributed by atoms with Crippen molar-refractivity contribution >= 4 is 17.9 Å². The Morgan fingerprint density at radius 1 is 0.259 bits per heavy atom. The van der Waals surface area contributed by atoms with Gasteiger partial charge < -0.3 is 14.2 Å². The monoisotopic (exact) mass is 1130 g/mol. The highest BCUT2D eigenvalue weighted by Gasteiger charge is 2.19. The fraction of sp³-hybridized carbons (Fsp3) is 0.800. The molecule has 0 N–H and O–H groups in total. The molecule has 0 bridgehead atoms. The second-order valence-electron chi connectivity index (χ2n) is 23.8. The van der Waals surface area contributed by atoms with Crippen LogP contribution in [0.3, 0.4) is 0 Å². The second-order valence-corrected chi connectivity index (χ2v) is 23.8. The Kier molecular flexibility index (Phi) is 66.6. The zero-order chi connectivity index (χ0) is 58.5. The highest BCUT2D eigenvalue weighted by molar-refractivity contribution is 5.71. The lowest BCUT2D eigenvalue weighted by Gasteiger charge is -2.18. The zero-order valence-corrected chi connectivity index (χ0v) is 54.1. The minimum absolute atomic E-state index is 0.0689. The summed E-state index contributed by atoms with van der Waals surface area (Å²) in [5, 5.41) is 0. The Bertz CT molecular complexity index is 1490. The van der Waals surface area contributed by atoms with Gasteiger partial charge in [-0.15, -0.1) is 0 Å². The first-order valence-corrected chi connectivity index (χ1v) is 35.4. The Morgan fingerprint density at radius 3 is 0.753 bits per heavy atom. The number of hydrogen-bond acceptors (Lipinski definition) is 6. The third-order valence-electron chi connectivity index (χ3n) is 15.7. The number of rotatable bonds is 65. The number of hydrogen-bond donors (Lipinski definition) is 0. The molecule has 0 saturated heterocycles. The van der Waals surface area contributed by atoms with Crippen molar-refractivity contribution in [1.82, 2.24) is 0 Å². The van der Waals surface area contributed by atoms with Gasteiger partial charge in [0.05, 0.1) is 0 Å². The van der Waals surface area contributed by atoms with Gasteiger partial charge in [-0.25, -0.2) is 0 Å².